The Bertz CT molecular complexity index is 590. The van der Waals surface area contributed by atoms with Crippen molar-refractivity contribution >= 4 is 16.7 Å². The summed E-state index contributed by atoms with van der Waals surface area (Å²) >= 11 is 0. The van der Waals surface area contributed by atoms with Gasteiger partial charge in [0.05, 0.1) is 11.1 Å². The van der Waals surface area contributed by atoms with Crippen LogP contribution in [0.1, 0.15) is 26.3 Å². The molecule has 0 aliphatic carbocycles. The lowest BCUT2D eigenvalue weighted by atomic mass is 10.1. The van der Waals surface area contributed by atoms with E-state index >= 15 is 0 Å². The highest BCUT2D eigenvalue weighted by molar-refractivity contribution is 5.81. The average Bonchev–Trinajstić information content (AvgIpc) is 2.42. The van der Waals surface area contributed by atoms with Gasteiger partial charge in [-0.3, -0.25) is 0 Å². The second-order valence-electron chi connectivity index (χ2n) is 5.69. The van der Waals surface area contributed by atoms with Crippen molar-refractivity contribution in [2.45, 2.75) is 32.9 Å². The zero-order chi connectivity index (χ0) is 14.8. The first-order valence-electron chi connectivity index (χ1n) is 7.00. The Morgan fingerprint density at radius 3 is 2.60 bits per heavy atom. The van der Waals surface area contributed by atoms with Crippen LogP contribution in [0.4, 0.5) is 5.82 Å². The van der Waals surface area contributed by atoms with E-state index in [1.807, 2.05) is 24.3 Å². The fourth-order valence-corrected chi connectivity index (χ4v) is 2.38. The van der Waals surface area contributed by atoms with Gasteiger partial charge in [0.1, 0.15) is 5.82 Å². The molecule has 0 aliphatic heterocycles. The fourth-order valence-electron chi connectivity index (χ4n) is 2.38. The Labute approximate surface area is 120 Å². The summed E-state index contributed by atoms with van der Waals surface area (Å²) in [5.74, 6) is 0.871. The van der Waals surface area contributed by atoms with Crippen LogP contribution in [0.15, 0.2) is 30.3 Å². The number of nitrogens with two attached hydrogens (primary N) is 1. The van der Waals surface area contributed by atoms with Crippen LogP contribution >= 0.6 is 0 Å². The van der Waals surface area contributed by atoms with Crippen LogP contribution in [0.3, 0.4) is 0 Å². The highest BCUT2D eigenvalue weighted by atomic mass is 16.3. The lowest BCUT2D eigenvalue weighted by molar-refractivity contribution is 0.0874. The molecule has 0 radical (unpaired) electrons. The second-order valence-corrected chi connectivity index (χ2v) is 5.69. The number of hydrogen-bond donors (Lipinski definition) is 2. The minimum atomic E-state index is -0.769. The van der Waals surface area contributed by atoms with E-state index in [1.54, 1.807) is 13.8 Å². The average molecular weight is 273 g/mol. The van der Waals surface area contributed by atoms with Crippen molar-refractivity contribution in [3.05, 3.63) is 35.9 Å². The van der Waals surface area contributed by atoms with Crippen molar-refractivity contribution in [3.8, 4) is 0 Å². The summed E-state index contributed by atoms with van der Waals surface area (Å²) < 4.78 is 0. The number of aliphatic hydroxyl groups is 1. The van der Waals surface area contributed by atoms with Crippen LogP contribution in [-0.2, 0) is 6.54 Å². The van der Waals surface area contributed by atoms with Crippen LogP contribution in [0.2, 0.25) is 0 Å². The number of para-hydroxylation sites is 1. The van der Waals surface area contributed by atoms with Crippen LogP contribution in [0, 0.1) is 0 Å². The highest BCUT2D eigenvalue weighted by Crippen LogP contribution is 2.24. The van der Waals surface area contributed by atoms with Gasteiger partial charge in [-0.2, -0.15) is 0 Å². The van der Waals surface area contributed by atoms with Crippen molar-refractivity contribution < 1.29 is 5.11 Å². The first-order valence-corrected chi connectivity index (χ1v) is 7.00. The first-order chi connectivity index (χ1) is 9.44. The molecule has 3 N–H and O–H groups in total. The van der Waals surface area contributed by atoms with E-state index < -0.39 is 5.60 Å². The third kappa shape index (κ3) is 3.26. The number of hydrogen-bond acceptors (Lipinski definition) is 4. The predicted octanol–water partition coefficient (Wildman–Crippen LogP) is 2.29. The zero-order valence-corrected chi connectivity index (χ0v) is 12.4. The number of likely N-dealkylation sites (N-methyl/N-ethyl adjacent to an activating group) is 1. The molecule has 0 spiro atoms. The van der Waals surface area contributed by atoms with E-state index in [2.05, 4.69) is 17.9 Å². The predicted molar refractivity (Wildman–Crippen MR) is 83.8 cm³/mol. The molecule has 0 atom stereocenters. The molecule has 0 fully saturated rings. The van der Waals surface area contributed by atoms with Gasteiger partial charge in [0.15, 0.2) is 0 Å². The summed E-state index contributed by atoms with van der Waals surface area (Å²) in [5, 5.41) is 11.2. The van der Waals surface area contributed by atoms with Crippen molar-refractivity contribution in [2.75, 3.05) is 18.0 Å². The third-order valence-corrected chi connectivity index (χ3v) is 3.26. The second kappa shape index (κ2) is 5.77. The van der Waals surface area contributed by atoms with Gasteiger partial charge in [0, 0.05) is 30.6 Å². The minimum Gasteiger partial charge on any atom is -0.389 e. The van der Waals surface area contributed by atoms with Gasteiger partial charge in [-0.25, -0.2) is 4.98 Å². The maximum absolute atomic E-state index is 10.1. The molecule has 0 saturated heterocycles. The molecule has 108 valence electrons. The molecule has 1 aromatic heterocycles. The maximum Gasteiger partial charge on any atom is 0.133 e. The van der Waals surface area contributed by atoms with Crippen molar-refractivity contribution in [1.29, 1.82) is 0 Å². The fraction of sp³-hybridized carbons (Fsp3) is 0.438. The Balaban J connectivity index is 2.50. The molecule has 4 nitrogen and oxygen atoms in total. The molecule has 0 unspecified atom stereocenters. The molecule has 4 heteroatoms. The number of aromatic nitrogens is 1. The number of benzene rings is 1. The van der Waals surface area contributed by atoms with Gasteiger partial charge in [-0.1, -0.05) is 18.2 Å². The lowest BCUT2D eigenvalue weighted by Gasteiger charge is -2.30. The van der Waals surface area contributed by atoms with Crippen molar-refractivity contribution in [3.63, 3.8) is 0 Å². The van der Waals surface area contributed by atoms with E-state index in [4.69, 9.17) is 10.7 Å². The number of pyridine rings is 1. The first kappa shape index (κ1) is 14.8. The van der Waals surface area contributed by atoms with Gasteiger partial charge >= 0.3 is 0 Å². The van der Waals surface area contributed by atoms with E-state index in [0.717, 1.165) is 28.8 Å². The number of anilines is 1. The third-order valence-electron chi connectivity index (χ3n) is 3.26. The molecule has 2 rings (SSSR count). The van der Waals surface area contributed by atoms with E-state index in [0.29, 0.717) is 13.1 Å². The van der Waals surface area contributed by atoms with Crippen LogP contribution < -0.4 is 10.6 Å². The molecule has 1 aromatic carbocycles. The topological polar surface area (TPSA) is 62.4 Å². The smallest absolute Gasteiger partial charge is 0.133 e. The number of rotatable bonds is 5. The van der Waals surface area contributed by atoms with Crippen LogP contribution in [0.25, 0.3) is 10.9 Å². The lowest BCUT2D eigenvalue weighted by Crippen LogP contribution is -2.39. The Morgan fingerprint density at radius 1 is 1.30 bits per heavy atom. The molecule has 0 amide bonds. The summed E-state index contributed by atoms with van der Waals surface area (Å²) in [6.45, 7) is 7.42. The van der Waals surface area contributed by atoms with Crippen molar-refractivity contribution in [1.82, 2.24) is 4.98 Å². The Hall–Kier alpha value is -1.65. The standard InChI is InChI=1S/C16H23N3O/c1-4-19(11-16(2,3)20)15-13(10-17)9-12-7-5-6-8-14(12)18-15/h5-9,20H,4,10-11,17H2,1-3H3. The van der Waals surface area contributed by atoms with Crippen molar-refractivity contribution in [2.24, 2.45) is 5.73 Å². The van der Waals surface area contributed by atoms with Crippen LogP contribution in [-0.4, -0.2) is 28.8 Å². The summed E-state index contributed by atoms with van der Waals surface area (Å²) in [4.78, 5) is 6.81. The molecule has 2 aromatic rings. The number of nitrogens with zero attached hydrogens (tertiary/aromatic N) is 2. The Morgan fingerprint density at radius 2 is 2.00 bits per heavy atom. The molecule has 0 aliphatic rings. The summed E-state index contributed by atoms with van der Waals surface area (Å²) in [6, 6.07) is 10.1. The molecule has 1 heterocycles. The van der Waals surface area contributed by atoms with E-state index in [-0.39, 0.29) is 0 Å². The van der Waals surface area contributed by atoms with E-state index in [9.17, 15) is 5.11 Å². The SMILES string of the molecule is CCN(CC(C)(C)O)c1nc2ccccc2cc1CN. The summed E-state index contributed by atoms with van der Waals surface area (Å²) in [6.07, 6.45) is 0. The van der Waals surface area contributed by atoms with Gasteiger partial charge in [-0.05, 0) is 32.9 Å². The number of fused-ring (bicyclic) bond motifs is 1. The monoisotopic (exact) mass is 273 g/mol. The summed E-state index contributed by atoms with van der Waals surface area (Å²) in [7, 11) is 0. The van der Waals surface area contributed by atoms with Gasteiger partial charge in [0.2, 0.25) is 0 Å². The van der Waals surface area contributed by atoms with Gasteiger partial charge in [0.25, 0.3) is 0 Å². The highest BCUT2D eigenvalue weighted by Gasteiger charge is 2.20. The largest absolute Gasteiger partial charge is 0.389 e. The maximum atomic E-state index is 10.1. The molecule has 20 heavy (non-hydrogen) atoms. The normalized spacial score (nSPS) is 11.8. The zero-order valence-electron chi connectivity index (χ0n) is 12.4. The molecular formula is C16H23N3O. The van der Waals surface area contributed by atoms with Crippen LogP contribution in [0.5, 0.6) is 0 Å². The minimum absolute atomic E-state index is 0.440. The molecule has 0 bridgehead atoms. The summed E-state index contributed by atoms with van der Waals surface area (Å²) in [5.41, 5.74) is 7.06. The molecule has 0 saturated carbocycles. The molecular weight excluding hydrogens is 250 g/mol. The quantitative estimate of drug-likeness (QED) is 0.877. The van der Waals surface area contributed by atoms with Gasteiger partial charge < -0.3 is 15.7 Å². The Kier molecular flexibility index (Phi) is 4.26. The van der Waals surface area contributed by atoms with Gasteiger partial charge in [-0.15, -0.1) is 0 Å². The van der Waals surface area contributed by atoms with E-state index in [1.165, 1.54) is 0 Å².